The molecule has 152 valence electrons. The lowest BCUT2D eigenvalue weighted by molar-refractivity contribution is -0.143. The lowest BCUT2D eigenvalue weighted by Crippen LogP contribution is -2.54. The zero-order valence-corrected chi connectivity index (χ0v) is 15.9. The van der Waals surface area contributed by atoms with E-state index >= 15 is 0 Å². The van der Waals surface area contributed by atoms with Gasteiger partial charge in [-0.1, -0.05) is 0 Å². The van der Waals surface area contributed by atoms with Gasteiger partial charge in [0, 0.05) is 26.2 Å². The average molecular weight is 389 g/mol. The Bertz CT molecular complexity index is 687. The molecule has 3 heterocycles. The van der Waals surface area contributed by atoms with Crippen LogP contribution in [-0.2, 0) is 9.53 Å². The Labute approximate surface area is 164 Å². The van der Waals surface area contributed by atoms with Gasteiger partial charge in [-0.2, -0.15) is 10.2 Å². The highest BCUT2D eigenvalue weighted by atomic mass is 16.6. The molecule has 3 fully saturated rings. The van der Waals surface area contributed by atoms with Crippen LogP contribution in [-0.4, -0.2) is 76.2 Å². The predicted octanol–water partition coefficient (Wildman–Crippen LogP) is 1.62. The van der Waals surface area contributed by atoms with Crippen molar-refractivity contribution in [1.29, 1.82) is 0 Å². The number of carbonyl (C=O) groups excluding carboxylic acids is 1. The lowest BCUT2D eigenvalue weighted by atomic mass is 9.79. The maximum Gasteiger partial charge on any atom is 0.424 e. The van der Waals surface area contributed by atoms with Crippen LogP contribution >= 0.6 is 0 Å². The Balaban J connectivity index is 1.25. The molecule has 0 radical (unpaired) electrons. The zero-order valence-electron chi connectivity index (χ0n) is 15.9. The van der Waals surface area contributed by atoms with Crippen LogP contribution in [0.5, 0.6) is 0 Å². The van der Waals surface area contributed by atoms with Gasteiger partial charge in [-0.3, -0.25) is 4.79 Å². The van der Waals surface area contributed by atoms with Crippen molar-refractivity contribution < 1.29 is 19.4 Å². The van der Waals surface area contributed by atoms with Crippen molar-refractivity contribution in [1.82, 2.24) is 20.2 Å². The second-order valence-electron chi connectivity index (χ2n) is 7.92. The van der Waals surface area contributed by atoms with Crippen LogP contribution in [0.2, 0.25) is 0 Å². The topological polar surface area (TPSA) is 99.1 Å². The molecule has 2 saturated heterocycles. The number of piperazine rings is 1. The number of aromatic nitrogens is 2. The second kappa shape index (κ2) is 8.30. The number of cyclic esters (lactones) is 1. The normalized spacial score (nSPS) is 29.0. The average Bonchev–Trinajstić information content (AvgIpc) is 3.09. The predicted molar refractivity (Wildman–Crippen MR) is 100 cm³/mol. The summed E-state index contributed by atoms with van der Waals surface area (Å²) in [6.45, 7) is 3.74. The first-order valence-electron chi connectivity index (χ1n) is 10.1. The third-order valence-corrected chi connectivity index (χ3v) is 6.18. The summed E-state index contributed by atoms with van der Waals surface area (Å²) in [6, 6.07) is 1.95. The van der Waals surface area contributed by atoms with E-state index < -0.39 is 5.97 Å². The summed E-state index contributed by atoms with van der Waals surface area (Å²) in [7, 11) is 0. The number of rotatable bonds is 5. The Kier molecular flexibility index (Phi) is 5.61. The molecule has 1 atom stereocenters. The van der Waals surface area contributed by atoms with Crippen LogP contribution in [0, 0.1) is 11.8 Å². The van der Waals surface area contributed by atoms with Gasteiger partial charge in [0.05, 0.1) is 30.5 Å². The highest BCUT2D eigenvalue weighted by molar-refractivity contribution is 5.70. The molecule has 1 N–H and O–H groups in total. The molecule has 1 aromatic rings. The lowest BCUT2D eigenvalue weighted by Gasteiger charge is -2.39. The summed E-state index contributed by atoms with van der Waals surface area (Å²) in [6.07, 6.45) is 7.20. The number of carboxylic acid groups (broad SMARTS) is 1. The summed E-state index contributed by atoms with van der Waals surface area (Å²) in [5, 5.41) is 20.7. The van der Waals surface area contributed by atoms with E-state index in [9.17, 15) is 9.59 Å². The fourth-order valence-corrected chi connectivity index (χ4v) is 4.54. The first-order valence-corrected chi connectivity index (χ1v) is 10.1. The number of nitrogens with zero attached hydrogens (tertiary/aromatic N) is 5. The number of aliphatic carboxylic acids is 1. The number of anilines is 1. The summed E-state index contributed by atoms with van der Waals surface area (Å²) in [4.78, 5) is 25.7. The van der Waals surface area contributed by atoms with Gasteiger partial charge in [0.1, 0.15) is 6.10 Å². The van der Waals surface area contributed by atoms with Crippen LogP contribution in [0.4, 0.5) is 10.5 Å². The van der Waals surface area contributed by atoms with Crippen molar-refractivity contribution in [2.75, 3.05) is 37.6 Å². The fourth-order valence-electron chi connectivity index (χ4n) is 4.54. The van der Waals surface area contributed by atoms with Gasteiger partial charge in [-0.25, -0.2) is 14.8 Å². The van der Waals surface area contributed by atoms with Crippen LogP contribution in [0.25, 0.3) is 0 Å². The third kappa shape index (κ3) is 4.19. The molecular formula is C19H27N5O4. The molecule has 1 amide bonds. The first kappa shape index (κ1) is 18.9. The van der Waals surface area contributed by atoms with Crippen LogP contribution in [0.3, 0.4) is 0 Å². The van der Waals surface area contributed by atoms with Crippen LogP contribution in [0.1, 0.15) is 32.1 Å². The van der Waals surface area contributed by atoms with E-state index in [4.69, 9.17) is 9.84 Å². The van der Waals surface area contributed by atoms with Crippen molar-refractivity contribution in [3.05, 3.63) is 18.5 Å². The minimum atomic E-state index is -0.682. The van der Waals surface area contributed by atoms with E-state index in [-0.39, 0.29) is 18.1 Å². The van der Waals surface area contributed by atoms with E-state index in [0.717, 1.165) is 64.0 Å². The minimum absolute atomic E-state index is 0.0960. The highest BCUT2D eigenvalue weighted by Gasteiger charge is 2.38. The fraction of sp³-hybridized carbons (Fsp3) is 0.684. The molecule has 0 bridgehead atoms. The highest BCUT2D eigenvalue weighted by Crippen LogP contribution is 2.33. The summed E-state index contributed by atoms with van der Waals surface area (Å²) >= 11 is 0. The van der Waals surface area contributed by atoms with Gasteiger partial charge < -0.3 is 14.7 Å². The largest absolute Gasteiger partial charge is 0.481 e. The van der Waals surface area contributed by atoms with Gasteiger partial charge >= 0.3 is 12.1 Å². The van der Waals surface area contributed by atoms with Crippen molar-refractivity contribution in [2.24, 2.45) is 11.8 Å². The van der Waals surface area contributed by atoms with Crippen molar-refractivity contribution in [2.45, 2.75) is 38.2 Å². The van der Waals surface area contributed by atoms with Gasteiger partial charge in [-0.15, -0.1) is 0 Å². The first-order chi connectivity index (χ1) is 13.6. The molecular weight excluding hydrogens is 362 g/mol. The van der Waals surface area contributed by atoms with E-state index in [1.54, 1.807) is 17.4 Å². The summed E-state index contributed by atoms with van der Waals surface area (Å²) in [5.41, 5.74) is 1.05. The Morgan fingerprint density at radius 1 is 1.14 bits per heavy atom. The third-order valence-electron chi connectivity index (χ3n) is 6.18. The van der Waals surface area contributed by atoms with Crippen molar-refractivity contribution >= 4 is 17.7 Å². The number of hydrazine groups is 1. The minimum Gasteiger partial charge on any atom is -0.481 e. The van der Waals surface area contributed by atoms with E-state index in [1.165, 1.54) is 0 Å². The molecule has 28 heavy (non-hydrogen) atoms. The number of hydrogen-bond acceptors (Lipinski definition) is 7. The monoisotopic (exact) mass is 389 g/mol. The van der Waals surface area contributed by atoms with Gasteiger partial charge in [0.15, 0.2) is 0 Å². The smallest absolute Gasteiger partial charge is 0.424 e. The Morgan fingerprint density at radius 3 is 2.54 bits per heavy atom. The molecule has 9 heteroatoms. The van der Waals surface area contributed by atoms with Crippen LogP contribution in [0.15, 0.2) is 18.5 Å². The Hall–Kier alpha value is -2.42. The molecule has 3 aliphatic rings. The molecule has 2 aliphatic heterocycles. The number of carbonyl (C=O) groups is 2. The van der Waals surface area contributed by atoms with Gasteiger partial charge in [0.2, 0.25) is 0 Å². The van der Waals surface area contributed by atoms with Gasteiger partial charge in [-0.05, 0) is 44.1 Å². The van der Waals surface area contributed by atoms with Crippen molar-refractivity contribution in [3.8, 4) is 0 Å². The molecule has 1 unspecified atom stereocenters. The molecule has 0 spiro atoms. The number of ether oxygens (including phenoxy) is 1. The van der Waals surface area contributed by atoms with E-state index in [0.29, 0.717) is 12.5 Å². The Morgan fingerprint density at radius 2 is 1.89 bits per heavy atom. The molecule has 1 aromatic heterocycles. The molecule has 1 saturated carbocycles. The molecule has 9 nitrogen and oxygen atoms in total. The molecule has 1 aliphatic carbocycles. The molecule has 0 aromatic carbocycles. The maximum atomic E-state index is 12.4. The summed E-state index contributed by atoms with van der Waals surface area (Å²) < 4.78 is 5.61. The van der Waals surface area contributed by atoms with Crippen molar-refractivity contribution in [3.63, 3.8) is 0 Å². The van der Waals surface area contributed by atoms with E-state index in [1.807, 2.05) is 6.07 Å². The number of carboxylic acids is 1. The SMILES string of the molecule is O=C(O)C1CCC(CC2CN(N3CCN(c4ccnnc4)CC3)C(=O)O2)CC1. The standard InChI is InChI=1S/C19H27N5O4/c25-18(26)15-3-1-14(2-4-15)11-17-13-24(19(27)28-17)23-9-7-22(8-10-23)16-5-6-20-21-12-16/h5-6,12,14-15,17H,1-4,7-11,13H2,(H,25,26). The second-order valence-corrected chi connectivity index (χ2v) is 7.92. The molecule has 4 rings (SSSR count). The van der Waals surface area contributed by atoms with Gasteiger partial charge in [0.25, 0.3) is 0 Å². The maximum absolute atomic E-state index is 12.4. The van der Waals surface area contributed by atoms with Crippen LogP contribution < -0.4 is 4.90 Å². The number of hydrogen-bond donors (Lipinski definition) is 1. The summed E-state index contributed by atoms with van der Waals surface area (Å²) in [5.74, 6) is -0.436. The zero-order chi connectivity index (χ0) is 19.5. The number of amides is 1. The van der Waals surface area contributed by atoms with E-state index in [2.05, 4.69) is 20.1 Å². The quantitative estimate of drug-likeness (QED) is 0.811.